The van der Waals surface area contributed by atoms with Crippen LogP contribution in [0.4, 0.5) is 0 Å². The molecule has 0 fully saturated rings. The van der Waals surface area contributed by atoms with Gasteiger partial charge in [-0.05, 0) is 24.6 Å². The van der Waals surface area contributed by atoms with Crippen LogP contribution in [-0.2, 0) is 0 Å². The van der Waals surface area contributed by atoms with E-state index in [1.54, 1.807) is 0 Å². The van der Waals surface area contributed by atoms with E-state index in [4.69, 9.17) is 17.4 Å². The monoisotopic (exact) mass is 168 g/mol. The van der Waals surface area contributed by atoms with Crippen molar-refractivity contribution in [3.63, 3.8) is 0 Å². The van der Waals surface area contributed by atoms with Crippen molar-refractivity contribution < 1.29 is 0 Å². The number of nitrogens with two attached hydrogens (primary N) is 1. The molecule has 0 heterocycles. The van der Waals surface area contributed by atoms with Crippen molar-refractivity contribution >= 4 is 17.3 Å². The molecule has 0 aliphatic heterocycles. The third-order valence-corrected chi connectivity index (χ3v) is 1.71. The molecule has 0 saturated heterocycles. The Morgan fingerprint density at radius 2 is 1.91 bits per heavy atom. The Bertz CT molecular complexity index is 264. The number of hydrogen-bond donors (Lipinski definition) is 1. The van der Waals surface area contributed by atoms with Crippen LogP contribution < -0.4 is 5.84 Å². The average Bonchev–Trinajstić information content (AvgIpc) is 2.05. The fourth-order valence-corrected chi connectivity index (χ4v) is 0.892. The molecule has 1 aromatic carbocycles. The SMILES string of the molecule is CC(=NN)c1ccc(Cl)cc1. The lowest BCUT2D eigenvalue weighted by Crippen LogP contribution is -1.97. The molecule has 0 radical (unpaired) electrons. The highest BCUT2D eigenvalue weighted by molar-refractivity contribution is 6.30. The summed E-state index contributed by atoms with van der Waals surface area (Å²) in [5.41, 5.74) is 1.80. The molecule has 0 amide bonds. The molecule has 0 unspecified atom stereocenters. The van der Waals surface area contributed by atoms with Crippen molar-refractivity contribution in [2.75, 3.05) is 0 Å². The number of hydrogen-bond acceptors (Lipinski definition) is 2. The van der Waals surface area contributed by atoms with E-state index in [0.717, 1.165) is 16.3 Å². The smallest absolute Gasteiger partial charge is 0.0641 e. The van der Waals surface area contributed by atoms with Crippen molar-refractivity contribution in [2.24, 2.45) is 10.9 Å². The molecule has 2 nitrogen and oxygen atoms in total. The normalized spacial score (nSPS) is 11.6. The maximum absolute atomic E-state index is 5.69. The number of rotatable bonds is 1. The van der Waals surface area contributed by atoms with Crippen molar-refractivity contribution in [1.29, 1.82) is 0 Å². The van der Waals surface area contributed by atoms with E-state index in [2.05, 4.69) is 5.10 Å². The van der Waals surface area contributed by atoms with E-state index in [-0.39, 0.29) is 0 Å². The first-order valence-electron chi connectivity index (χ1n) is 3.24. The molecule has 0 aromatic heterocycles. The number of benzene rings is 1. The summed E-state index contributed by atoms with van der Waals surface area (Å²) in [5.74, 6) is 5.10. The van der Waals surface area contributed by atoms with Gasteiger partial charge in [0, 0.05) is 5.02 Å². The molecular weight excluding hydrogens is 160 g/mol. The largest absolute Gasteiger partial charge is 0.323 e. The fourth-order valence-electron chi connectivity index (χ4n) is 0.766. The predicted molar refractivity (Wildman–Crippen MR) is 47.9 cm³/mol. The number of nitrogens with zero attached hydrogens (tertiary/aromatic N) is 1. The number of halogens is 1. The van der Waals surface area contributed by atoms with Gasteiger partial charge in [0.05, 0.1) is 5.71 Å². The predicted octanol–water partition coefficient (Wildman–Crippen LogP) is 2.02. The Balaban J connectivity index is 2.99. The van der Waals surface area contributed by atoms with Gasteiger partial charge in [-0.1, -0.05) is 23.7 Å². The van der Waals surface area contributed by atoms with Gasteiger partial charge in [0.15, 0.2) is 0 Å². The van der Waals surface area contributed by atoms with Gasteiger partial charge in [-0.25, -0.2) is 0 Å². The minimum absolute atomic E-state index is 0.721. The minimum atomic E-state index is 0.721. The third kappa shape index (κ3) is 1.95. The van der Waals surface area contributed by atoms with Crippen molar-refractivity contribution in [2.45, 2.75) is 6.92 Å². The first kappa shape index (κ1) is 8.08. The van der Waals surface area contributed by atoms with Crippen LogP contribution in [0.2, 0.25) is 5.02 Å². The molecule has 3 heteroatoms. The van der Waals surface area contributed by atoms with Crippen LogP contribution in [0.5, 0.6) is 0 Å². The Labute approximate surface area is 70.7 Å². The zero-order chi connectivity index (χ0) is 8.27. The summed E-state index contributed by atoms with van der Waals surface area (Å²) in [4.78, 5) is 0. The van der Waals surface area contributed by atoms with Gasteiger partial charge in [0.25, 0.3) is 0 Å². The molecule has 1 aromatic rings. The first-order valence-corrected chi connectivity index (χ1v) is 3.62. The van der Waals surface area contributed by atoms with Gasteiger partial charge in [0.2, 0.25) is 0 Å². The topological polar surface area (TPSA) is 38.4 Å². The second-order valence-corrected chi connectivity index (χ2v) is 2.66. The lowest BCUT2D eigenvalue weighted by Gasteiger charge is -1.97. The highest BCUT2D eigenvalue weighted by atomic mass is 35.5. The van der Waals surface area contributed by atoms with Gasteiger partial charge in [-0.2, -0.15) is 5.10 Å². The molecule has 58 valence electrons. The van der Waals surface area contributed by atoms with E-state index in [9.17, 15) is 0 Å². The lowest BCUT2D eigenvalue weighted by molar-refractivity contribution is 1.24. The van der Waals surface area contributed by atoms with Gasteiger partial charge >= 0.3 is 0 Å². The molecule has 1 rings (SSSR count). The van der Waals surface area contributed by atoms with Gasteiger partial charge < -0.3 is 5.84 Å². The first-order chi connectivity index (χ1) is 5.24. The molecule has 0 aliphatic rings. The maximum Gasteiger partial charge on any atom is 0.0641 e. The van der Waals surface area contributed by atoms with Crippen LogP contribution in [0.15, 0.2) is 29.4 Å². The van der Waals surface area contributed by atoms with Crippen LogP contribution >= 0.6 is 11.6 Å². The molecule has 0 atom stereocenters. The Morgan fingerprint density at radius 1 is 1.36 bits per heavy atom. The van der Waals surface area contributed by atoms with Crippen LogP contribution in [0.3, 0.4) is 0 Å². The second-order valence-electron chi connectivity index (χ2n) is 2.22. The Morgan fingerprint density at radius 3 is 2.36 bits per heavy atom. The summed E-state index contributed by atoms with van der Waals surface area (Å²) in [6.07, 6.45) is 0. The summed E-state index contributed by atoms with van der Waals surface area (Å²) in [6, 6.07) is 7.39. The third-order valence-electron chi connectivity index (χ3n) is 1.46. The van der Waals surface area contributed by atoms with Crippen LogP contribution in [0, 0.1) is 0 Å². The van der Waals surface area contributed by atoms with Gasteiger partial charge in [-0.3, -0.25) is 0 Å². The van der Waals surface area contributed by atoms with Gasteiger partial charge in [-0.15, -0.1) is 0 Å². The van der Waals surface area contributed by atoms with E-state index >= 15 is 0 Å². The van der Waals surface area contributed by atoms with E-state index in [1.165, 1.54) is 0 Å². The van der Waals surface area contributed by atoms with Crippen molar-refractivity contribution in [3.8, 4) is 0 Å². The maximum atomic E-state index is 5.69. The Hall–Kier alpha value is -1.02. The van der Waals surface area contributed by atoms with Crippen molar-refractivity contribution in [3.05, 3.63) is 34.9 Å². The molecule has 0 saturated carbocycles. The quantitative estimate of drug-likeness (QED) is 0.389. The molecule has 0 bridgehead atoms. The molecule has 0 spiro atoms. The fraction of sp³-hybridized carbons (Fsp3) is 0.125. The zero-order valence-corrected chi connectivity index (χ0v) is 6.97. The summed E-state index contributed by atoms with van der Waals surface area (Å²) in [6.45, 7) is 1.85. The summed E-state index contributed by atoms with van der Waals surface area (Å²) in [5, 5.41) is 4.28. The molecular formula is C8H9ClN2. The summed E-state index contributed by atoms with van der Waals surface area (Å²) >= 11 is 5.69. The van der Waals surface area contributed by atoms with Gasteiger partial charge in [0.1, 0.15) is 0 Å². The molecule has 0 aliphatic carbocycles. The van der Waals surface area contributed by atoms with Crippen molar-refractivity contribution in [1.82, 2.24) is 0 Å². The highest BCUT2D eigenvalue weighted by Crippen LogP contribution is 2.09. The average molecular weight is 169 g/mol. The molecule has 2 N–H and O–H groups in total. The summed E-state index contributed by atoms with van der Waals surface area (Å²) in [7, 11) is 0. The van der Waals surface area contributed by atoms with E-state index < -0.39 is 0 Å². The second kappa shape index (κ2) is 3.39. The molecule has 11 heavy (non-hydrogen) atoms. The van der Waals surface area contributed by atoms with E-state index in [0.29, 0.717) is 0 Å². The summed E-state index contributed by atoms with van der Waals surface area (Å²) < 4.78 is 0. The Kier molecular flexibility index (Phi) is 2.49. The standard InChI is InChI=1S/C8H9ClN2/c1-6(11-10)7-2-4-8(9)5-3-7/h2-5H,10H2,1H3. The van der Waals surface area contributed by atoms with Crippen LogP contribution in [-0.4, -0.2) is 5.71 Å². The minimum Gasteiger partial charge on any atom is -0.323 e. The van der Waals surface area contributed by atoms with Crippen LogP contribution in [0.1, 0.15) is 12.5 Å². The highest BCUT2D eigenvalue weighted by Gasteiger charge is 1.94. The zero-order valence-electron chi connectivity index (χ0n) is 6.21. The van der Waals surface area contributed by atoms with E-state index in [1.807, 2.05) is 31.2 Å². The number of hydrazone groups is 1. The van der Waals surface area contributed by atoms with Crippen LogP contribution in [0.25, 0.3) is 0 Å². The lowest BCUT2D eigenvalue weighted by atomic mass is 10.1.